The summed E-state index contributed by atoms with van der Waals surface area (Å²) < 4.78 is 9.19. The van der Waals surface area contributed by atoms with Crippen molar-refractivity contribution in [2.45, 2.75) is 37.3 Å². The summed E-state index contributed by atoms with van der Waals surface area (Å²) >= 11 is 0. The summed E-state index contributed by atoms with van der Waals surface area (Å²) in [5, 5.41) is 36.8. The normalized spacial score (nSPS) is 39.1. The molecule has 0 aromatic heterocycles. The Bertz CT molecular complexity index is 290. The lowest BCUT2D eigenvalue weighted by molar-refractivity contribution is -0.279. The van der Waals surface area contributed by atoms with Crippen molar-refractivity contribution >= 4 is 14.8 Å². The minimum atomic E-state index is -4.07. The van der Waals surface area contributed by atoms with Gasteiger partial charge in [0.25, 0.3) is 0 Å². The van der Waals surface area contributed by atoms with E-state index in [0.717, 1.165) is 6.55 Å². The second-order valence-corrected chi connectivity index (χ2v) is 5.89. The third-order valence-electron chi connectivity index (χ3n) is 2.15. The van der Waals surface area contributed by atoms with Gasteiger partial charge in [0.1, 0.15) is 18.3 Å². The number of aliphatic carboxylic acids is 1. The molecule has 0 aromatic carbocycles. The molecule has 0 aromatic rings. The number of carbonyl (C=O) groups is 1. The molecule has 10 heteroatoms. The van der Waals surface area contributed by atoms with Gasteiger partial charge in [-0.2, -0.15) is 0 Å². The van der Waals surface area contributed by atoms with Crippen LogP contribution in [0.1, 0.15) is 0 Å². The Balaban J connectivity index is 2.82. The molecule has 17 heavy (non-hydrogen) atoms. The maximum Gasteiger partial charge on any atom is 0.494 e. The quantitative estimate of drug-likeness (QED) is 0.286. The average Bonchev–Trinajstić information content (AvgIpc) is 2.16. The van der Waals surface area contributed by atoms with Gasteiger partial charge in [0.2, 0.25) is 0 Å². The first-order valence-electron chi connectivity index (χ1n) is 4.68. The van der Waals surface area contributed by atoms with Crippen LogP contribution in [-0.4, -0.2) is 75.5 Å². The zero-order valence-corrected chi connectivity index (χ0v) is 9.79. The molecule has 1 heterocycles. The molecule has 1 aliphatic heterocycles. The van der Waals surface area contributed by atoms with Crippen LogP contribution in [0.5, 0.6) is 0 Å². The molecule has 1 saturated heterocycles. The molecule has 0 saturated carbocycles. The molecule has 0 aliphatic carbocycles. The van der Waals surface area contributed by atoms with Gasteiger partial charge in [-0.3, -0.25) is 0 Å². The molecule has 0 radical (unpaired) electrons. The van der Waals surface area contributed by atoms with Crippen molar-refractivity contribution < 1.29 is 44.0 Å². The van der Waals surface area contributed by atoms with Crippen LogP contribution in [0.25, 0.3) is 0 Å². The van der Waals surface area contributed by atoms with Crippen molar-refractivity contribution in [2.24, 2.45) is 0 Å². The lowest BCUT2D eigenvalue weighted by Gasteiger charge is -2.39. The third-order valence-corrected chi connectivity index (χ3v) is 2.83. The Labute approximate surface area is 96.8 Å². The molecule has 9 nitrogen and oxygen atoms in total. The van der Waals surface area contributed by atoms with Gasteiger partial charge in [0.15, 0.2) is 12.4 Å². The van der Waals surface area contributed by atoms with Crippen molar-refractivity contribution in [1.29, 1.82) is 0 Å². The van der Waals surface area contributed by atoms with Gasteiger partial charge in [0, 0.05) is 6.55 Å². The topological polar surface area (TPSA) is 157 Å². The maximum absolute atomic E-state index is 10.7. The second kappa shape index (κ2) is 4.95. The molecular weight excluding hydrogens is 256 g/mol. The minimum absolute atomic E-state index is 0.941. The average molecular weight is 270 g/mol. The van der Waals surface area contributed by atoms with E-state index in [1.807, 2.05) is 0 Å². The third kappa shape index (κ3) is 3.43. The fourth-order valence-corrected chi connectivity index (χ4v) is 2.00. The summed E-state index contributed by atoms with van der Waals surface area (Å²) in [7, 11) is -4.07. The first kappa shape index (κ1) is 14.5. The number of hydrogen-bond donors (Lipinski definition) is 6. The van der Waals surface area contributed by atoms with Crippen LogP contribution in [0.2, 0.25) is 6.55 Å². The summed E-state index contributed by atoms with van der Waals surface area (Å²) in [5.41, 5.74) is 0. The van der Waals surface area contributed by atoms with Crippen molar-refractivity contribution in [3.63, 3.8) is 0 Å². The maximum atomic E-state index is 10.7. The van der Waals surface area contributed by atoms with E-state index in [0.29, 0.717) is 0 Å². The van der Waals surface area contributed by atoms with Crippen molar-refractivity contribution in [3.05, 3.63) is 0 Å². The molecule has 100 valence electrons. The highest BCUT2D eigenvalue weighted by molar-refractivity contribution is 6.56. The van der Waals surface area contributed by atoms with E-state index in [2.05, 4.69) is 9.16 Å². The van der Waals surface area contributed by atoms with Gasteiger partial charge in [-0.25, -0.2) is 4.79 Å². The number of hydrogen-bond acceptors (Lipinski definition) is 8. The number of carboxylic acids is 1. The van der Waals surface area contributed by atoms with Gasteiger partial charge >= 0.3 is 14.8 Å². The largest absolute Gasteiger partial charge is 0.494 e. The molecule has 1 rings (SSSR count). The van der Waals surface area contributed by atoms with Crippen LogP contribution >= 0.6 is 0 Å². The van der Waals surface area contributed by atoms with Crippen LogP contribution in [0, 0.1) is 0 Å². The monoisotopic (exact) mass is 270 g/mol. The first-order chi connectivity index (χ1) is 7.63. The smallest absolute Gasteiger partial charge is 0.479 e. The van der Waals surface area contributed by atoms with Crippen LogP contribution < -0.4 is 0 Å². The number of carboxylic acid groups (broad SMARTS) is 1. The Morgan fingerprint density at radius 3 is 2.12 bits per heavy atom. The van der Waals surface area contributed by atoms with Crippen LogP contribution in [0.15, 0.2) is 0 Å². The summed E-state index contributed by atoms with van der Waals surface area (Å²) in [6.07, 6.45) is -9.01. The molecule has 0 spiro atoms. The first-order valence-corrected chi connectivity index (χ1v) is 6.99. The highest BCUT2D eigenvalue weighted by atomic mass is 28.4. The molecule has 0 amide bonds. The number of aliphatic hydroxyl groups is 3. The zero-order valence-electron chi connectivity index (χ0n) is 8.79. The van der Waals surface area contributed by atoms with Crippen LogP contribution in [0.4, 0.5) is 0 Å². The van der Waals surface area contributed by atoms with E-state index < -0.39 is 45.5 Å². The summed E-state index contributed by atoms with van der Waals surface area (Å²) in [4.78, 5) is 28.8. The number of rotatable bonds is 3. The molecular formula is C7H14O9Si. The second-order valence-electron chi connectivity index (χ2n) is 3.79. The number of aliphatic hydroxyl groups excluding tert-OH is 3. The van der Waals surface area contributed by atoms with Crippen molar-refractivity contribution in [3.8, 4) is 0 Å². The summed E-state index contributed by atoms with van der Waals surface area (Å²) in [6, 6.07) is 0. The fraction of sp³-hybridized carbons (Fsp3) is 0.857. The lowest BCUT2D eigenvalue weighted by atomic mass is 9.99. The van der Waals surface area contributed by atoms with Crippen molar-refractivity contribution in [1.82, 2.24) is 0 Å². The summed E-state index contributed by atoms with van der Waals surface area (Å²) in [6.45, 7) is 0.941. The van der Waals surface area contributed by atoms with E-state index in [1.165, 1.54) is 0 Å². The molecule has 1 aliphatic rings. The Kier molecular flexibility index (Phi) is 4.22. The molecule has 6 N–H and O–H groups in total. The number of ether oxygens (including phenoxy) is 1. The summed E-state index contributed by atoms with van der Waals surface area (Å²) in [5.74, 6) is -1.57. The SMILES string of the molecule is C[Si](O)(O)OC1OC(C(=O)O)C(O)C(O)C1O. The van der Waals surface area contributed by atoms with Gasteiger partial charge in [-0.15, -0.1) is 0 Å². The molecule has 5 unspecified atom stereocenters. The predicted octanol–water partition coefficient (Wildman–Crippen LogP) is -3.55. The fourth-order valence-electron chi connectivity index (χ4n) is 1.37. The standard InChI is InChI=1S/C7H14O9Si/c1-17(13,14)16-7-4(10)2(8)3(9)5(15-7)6(11)12/h2-5,7-10,13-14H,1H3,(H,11,12). The van der Waals surface area contributed by atoms with Crippen LogP contribution in [0.3, 0.4) is 0 Å². The van der Waals surface area contributed by atoms with Gasteiger partial charge in [-0.05, 0) is 0 Å². The Morgan fingerprint density at radius 2 is 1.71 bits per heavy atom. The highest BCUT2D eigenvalue weighted by Gasteiger charge is 2.49. The zero-order chi connectivity index (χ0) is 13.4. The van der Waals surface area contributed by atoms with Crippen LogP contribution in [-0.2, 0) is 14.0 Å². The van der Waals surface area contributed by atoms with E-state index in [1.54, 1.807) is 0 Å². The lowest BCUT2D eigenvalue weighted by Crippen LogP contribution is -2.62. The van der Waals surface area contributed by atoms with E-state index >= 15 is 0 Å². The minimum Gasteiger partial charge on any atom is -0.479 e. The van der Waals surface area contributed by atoms with Gasteiger partial charge in [0.05, 0.1) is 0 Å². The van der Waals surface area contributed by atoms with E-state index in [4.69, 9.17) is 14.7 Å². The Morgan fingerprint density at radius 1 is 1.18 bits per heavy atom. The van der Waals surface area contributed by atoms with E-state index in [-0.39, 0.29) is 0 Å². The van der Waals surface area contributed by atoms with Gasteiger partial charge in [-0.1, -0.05) is 0 Å². The Hall–Kier alpha value is -0.593. The van der Waals surface area contributed by atoms with E-state index in [9.17, 15) is 20.1 Å². The molecule has 5 atom stereocenters. The van der Waals surface area contributed by atoms with Gasteiger partial charge < -0.3 is 39.2 Å². The highest BCUT2D eigenvalue weighted by Crippen LogP contribution is 2.23. The molecule has 1 fully saturated rings. The van der Waals surface area contributed by atoms with Crippen molar-refractivity contribution in [2.75, 3.05) is 0 Å². The molecule has 0 bridgehead atoms. The predicted molar refractivity (Wildman–Crippen MR) is 51.5 cm³/mol.